The van der Waals surface area contributed by atoms with Crippen LogP contribution in [0, 0.1) is 0 Å². The van der Waals surface area contributed by atoms with Gasteiger partial charge < -0.3 is 20.1 Å². The Morgan fingerprint density at radius 2 is 2.12 bits per heavy atom. The SMILES string of the molecule is OC1(CNCc2cnc(N3CCOCC3)s2)CCc2ccccc21. The number of ether oxygens (including phenoxy) is 1. The topological polar surface area (TPSA) is 57.6 Å². The van der Waals surface area contributed by atoms with E-state index in [2.05, 4.69) is 21.3 Å². The van der Waals surface area contributed by atoms with E-state index in [-0.39, 0.29) is 0 Å². The zero-order chi connectivity index (χ0) is 16.4. The molecule has 2 N–H and O–H groups in total. The van der Waals surface area contributed by atoms with Crippen molar-refractivity contribution in [2.24, 2.45) is 0 Å². The second-order valence-corrected chi connectivity index (χ2v) is 7.59. The van der Waals surface area contributed by atoms with Crippen LogP contribution in [0.1, 0.15) is 22.4 Å². The minimum Gasteiger partial charge on any atom is -0.384 e. The molecule has 1 atom stereocenters. The van der Waals surface area contributed by atoms with E-state index in [4.69, 9.17) is 4.74 Å². The highest BCUT2D eigenvalue weighted by Gasteiger charge is 2.35. The third-order valence-corrected chi connectivity index (χ3v) is 5.92. The molecule has 1 saturated heterocycles. The first-order valence-corrected chi connectivity index (χ1v) is 9.35. The van der Waals surface area contributed by atoms with Gasteiger partial charge in [0.25, 0.3) is 0 Å². The van der Waals surface area contributed by atoms with Crippen molar-refractivity contribution >= 4 is 16.5 Å². The standard InChI is InChI=1S/C18H23N3O2S/c22-18(6-5-14-3-1-2-4-16(14)18)13-19-11-15-12-20-17(24-15)21-7-9-23-10-8-21/h1-4,12,19,22H,5-11,13H2. The van der Waals surface area contributed by atoms with Gasteiger partial charge in [-0.15, -0.1) is 11.3 Å². The van der Waals surface area contributed by atoms with Crippen molar-refractivity contribution in [2.75, 3.05) is 37.7 Å². The summed E-state index contributed by atoms with van der Waals surface area (Å²) in [6.45, 7) is 4.70. The lowest BCUT2D eigenvalue weighted by atomic mass is 9.96. The van der Waals surface area contributed by atoms with E-state index in [1.54, 1.807) is 11.3 Å². The Bertz CT molecular complexity index is 699. The lowest BCUT2D eigenvalue weighted by Gasteiger charge is -2.26. The molecule has 2 heterocycles. The molecule has 24 heavy (non-hydrogen) atoms. The number of aryl methyl sites for hydroxylation is 1. The summed E-state index contributed by atoms with van der Waals surface area (Å²) in [5, 5.41) is 15.4. The van der Waals surface area contributed by atoms with Gasteiger partial charge in [-0.05, 0) is 24.0 Å². The smallest absolute Gasteiger partial charge is 0.185 e. The van der Waals surface area contributed by atoms with Gasteiger partial charge in [-0.25, -0.2) is 4.98 Å². The molecule has 0 bridgehead atoms. The summed E-state index contributed by atoms with van der Waals surface area (Å²) in [5.41, 5.74) is 1.61. The Morgan fingerprint density at radius 3 is 3.00 bits per heavy atom. The largest absolute Gasteiger partial charge is 0.384 e. The molecule has 0 spiro atoms. The number of fused-ring (bicyclic) bond motifs is 1. The number of rotatable bonds is 5. The second kappa shape index (κ2) is 6.80. The number of benzene rings is 1. The quantitative estimate of drug-likeness (QED) is 0.867. The normalized spacial score (nSPS) is 23.5. The van der Waals surface area contributed by atoms with Crippen molar-refractivity contribution in [2.45, 2.75) is 25.0 Å². The summed E-state index contributed by atoms with van der Waals surface area (Å²) in [6, 6.07) is 8.22. The van der Waals surface area contributed by atoms with Gasteiger partial charge in [-0.1, -0.05) is 24.3 Å². The maximum Gasteiger partial charge on any atom is 0.185 e. The van der Waals surface area contributed by atoms with Gasteiger partial charge in [0.05, 0.1) is 13.2 Å². The first kappa shape index (κ1) is 16.0. The van der Waals surface area contributed by atoms with Crippen LogP contribution in [0.25, 0.3) is 0 Å². The van der Waals surface area contributed by atoms with Crippen LogP contribution in [-0.2, 0) is 23.3 Å². The van der Waals surface area contributed by atoms with E-state index >= 15 is 0 Å². The molecule has 1 unspecified atom stereocenters. The summed E-state index contributed by atoms with van der Waals surface area (Å²) >= 11 is 1.72. The molecule has 1 aliphatic carbocycles. The van der Waals surface area contributed by atoms with Crippen LogP contribution in [0.15, 0.2) is 30.5 Å². The highest BCUT2D eigenvalue weighted by Crippen LogP contribution is 2.36. The fourth-order valence-corrected chi connectivity index (χ4v) is 4.46. The second-order valence-electron chi connectivity index (χ2n) is 6.50. The van der Waals surface area contributed by atoms with E-state index in [0.717, 1.165) is 56.4 Å². The molecule has 128 valence electrons. The van der Waals surface area contributed by atoms with Gasteiger partial charge in [0, 0.05) is 37.3 Å². The average Bonchev–Trinajstić information content (AvgIpc) is 3.22. The lowest BCUT2D eigenvalue weighted by molar-refractivity contribution is 0.0385. The first-order valence-electron chi connectivity index (χ1n) is 8.53. The fraction of sp³-hybridized carbons (Fsp3) is 0.500. The number of hydrogen-bond acceptors (Lipinski definition) is 6. The van der Waals surface area contributed by atoms with Crippen LogP contribution in [0.5, 0.6) is 0 Å². The zero-order valence-electron chi connectivity index (χ0n) is 13.7. The van der Waals surface area contributed by atoms with Crippen molar-refractivity contribution in [1.82, 2.24) is 10.3 Å². The molecule has 2 aromatic rings. The van der Waals surface area contributed by atoms with E-state index < -0.39 is 5.60 Å². The zero-order valence-corrected chi connectivity index (χ0v) is 14.5. The van der Waals surface area contributed by atoms with Crippen LogP contribution in [0.4, 0.5) is 5.13 Å². The number of thiazole rings is 1. The molecule has 1 fully saturated rings. The van der Waals surface area contributed by atoms with Crippen molar-refractivity contribution in [1.29, 1.82) is 0 Å². The minimum atomic E-state index is -0.742. The number of morpholine rings is 1. The van der Waals surface area contributed by atoms with Gasteiger partial charge in [-0.2, -0.15) is 0 Å². The summed E-state index contributed by atoms with van der Waals surface area (Å²) in [7, 11) is 0. The Kier molecular flexibility index (Phi) is 4.54. The Balaban J connectivity index is 1.34. The van der Waals surface area contributed by atoms with Crippen LogP contribution in [-0.4, -0.2) is 42.9 Å². The first-order chi connectivity index (χ1) is 11.7. The predicted molar refractivity (Wildman–Crippen MR) is 95.5 cm³/mol. The number of aromatic nitrogens is 1. The maximum atomic E-state index is 10.9. The van der Waals surface area contributed by atoms with Crippen LogP contribution >= 0.6 is 11.3 Å². The summed E-state index contributed by atoms with van der Waals surface area (Å²) in [6.07, 6.45) is 3.69. The molecule has 1 aliphatic heterocycles. The van der Waals surface area contributed by atoms with Gasteiger partial charge in [-0.3, -0.25) is 0 Å². The number of hydrogen-bond donors (Lipinski definition) is 2. The van der Waals surface area contributed by atoms with Crippen LogP contribution in [0.2, 0.25) is 0 Å². The number of anilines is 1. The number of nitrogens with one attached hydrogen (secondary N) is 1. The van der Waals surface area contributed by atoms with Crippen molar-refractivity contribution < 1.29 is 9.84 Å². The highest BCUT2D eigenvalue weighted by atomic mass is 32.1. The minimum absolute atomic E-state index is 0.578. The van der Waals surface area contributed by atoms with E-state index in [1.165, 1.54) is 10.4 Å². The maximum absolute atomic E-state index is 10.9. The molecule has 2 aliphatic rings. The van der Waals surface area contributed by atoms with Crippen molar-refractivity contribution in [3.05, 3.63) is 46.5 Å². The third kappa shape index (κ3) is 3.19. The predicted octanol–water partition coefficient (Wildman–Crippen LogP) is 1.90. The van der Waals surface area contributed by atoms with E-state index in [9.17, 15) is 5.11 Å². The molecule has 4 rings (SSSR count). The van der Waals surface area contributed by atoms with Gasteiger partial charge in [0.15, 0.2) is 5.13 Å². The molecular formula is C18H23N3O2S. The molecule has 0 amide bonds. The fourth-order valence-electron chi connectivity index (χ4n) is 3.52. The van der Waals surface area contributed by atoms with Crippen LogP contribution in [0.3, 0.4) is 0 Å². The molecular weight excluding hydrogens is 322 g/mol. The summed E-state index contributed by atoms with van der Waals surface area (Å²) < 4.78 is 5.38. The molecule has 6 heteroatoms. The molecule has 1 aromatic heterocycles. The van der Waals surface area contributed by atoms with E-state index in [0.29, 0.717) is 6.54 Å². The third-order valence-electron chi connectivity index (χ3n) is 4.87. The van der Waals surface area contributed by atoms with E-state index in [1.807, 2.05) is 24.4 Å². The molecule has 5 nitrogen and oxygen atoms in total. The van der Waals surface area contributed by atoms with Crippen LogP contribution < -0.4 is 10.2 Å². The molecule has 0 radical (unpaired) electrons. The van der Waals surface area contributed by atoms with Gasteiger partial charge in [0.2, 0.25) is 0 Å². The highest BCUT2D eigenvalue weighted by molar-refractivity contribution is 7.15. The Morgan fingerprint density at radius 1 is 1.29 bits per heavy atom. The Labute approximate surface area is 146 Å². The number of nitrogens with zero attached hydrogens (tertiary/aromatic N) is 2. The van der Waals surface area contributed by atoms with Crippen molar-refractivity contribution in [3.63, 3.8) is 0 Å². The van der Waals surface area contributed by atoms with Gasteiger partial charge >= 0.3 is 0 Å². The lowest BCUT2D eigenvalue weighted by Crippen LogP contribution is -2.36. The van der Waals surface area contributed by atoms with Gasteiger partial charge in [0.1, 0.15) is 5.60 Å². The monoisotopic (exact) mass is 345 g/mol. The number of aliphatic hydroxyl groups is 1. The summed E-state index contributed by atoms with van der Waals surface area (Å²) in [4.78, 5) is 8.01. The average molecular weight is 345 g/mol. The molecule has 0 saturated carbocycles. The summed E-state index contributed by atoms with van der Waals surface area (Å²) in [5.74, 6) is 0. The Hall–Kier alpha value is -1.47. The molecule has 1 aromatic carbocycles. The van der Waals surface area contributed by atoms with Crippen molar-refractivity contribution in [3.8, 4) is 0 Å².